The van der Waals surface area contributed by atoms with Gasteiger partial charge in [0.1, 0.15) is 13.2 Å². The van der Waals surface area contributed by atoms with Crippen molar-refractivity contribution in [3.05, 3.63) is 48.6 Å². The topological polar surface area (TPSA) is 105 Å². The number of quaternary nitrogens is 1. The zero-order valence-electron chi connectivity index (χ0n) is 44.2. The third kappa shape index (κ3) is 50.3. The number of rotatable bonds is 51. The number of phosphoric acid groups is 1. The molecule has 3 unspecified atom stereocenters. The zero-order valence-corrected chi connectivity index (χ0v) is 45.1. The van der Waals surface area contributed by atoms with Crippen molar-refractivity contribution < 1.29 is 32.9 Å². The summed E-state index contributed by atoms with van der Waals surface area (Å²) in [5.74, 6) is -0.145. The fraction of sp³-hybridized carbons (Fsp3) is 0.842. The van der Waals surface area contributed by atoms with Gasteiger partial charge in [0.25, 0.3) is 0 Å². The molecule has 0 fully saturated rings. The lowest BCUT2D eigenvalue weighted by Crippen LogP contribution is -2.46. The van der Waals surface area contributed by atoms with Crippen molar-refractivity contribution in [2.75, 3.05) is 40.9 Å². The van der Waals surface area contributed by atoms with Crippen LogP contribution in [0, 0.1) is 0 Å². The number of carbonyl (C=O) groups excluding carboxylic acids is 1. The van der Waals surface area contributed by atoms with Crippen LogP contribution in [-0.2, 0) is 18.4 Å². The van der Waals surface area contributed by atoms with Crippen molar-refractivity contribution in [1.82, 2.24) is 5.32 Å². The van der Waals surface area contributed by atoms with E-state index < -0.39 is 20.0 Å². The maximum atomic E-state index is 12.9. The van der Waals surface area contributed by atoms with Gasteiger partial charge in [0.15, 0.2) is 0 Å². The summed E-state index contributed by atoms with van der Waals surface area (Å²) < 4.78 is 23.6. The highest BCUT2D eigenvalue weighted by Gasteiger charge is 2.28. The minimum Gasteiger partial charge on any atom is -0.391 e. The lowest BCUT2D eigenvalue weighted by molar-refractivity contribution is -0.870. The molecular weight excluding hydrogens is 840 g/mol. The molecule has 0 heterocycles. The number of unbranched alkanes of at least 4 members (excludes halogenated alkanes) is 30. The molecule has 0 saturated heterocycles. The van der Waals surface area contributed by atoms with Gasteiger partial charge in [-0.2, -0.15) is 0 Å². The summed E-state index contributed by atoms with van der Waals surface area (Å²) in [6.07, 6.45) is 63.6. The fourth-order valence-electron chi connectivity index (χ4n) is 8.22. The van der Waals surface area contributed by atoms with Crippen molar-refractivity contribution in [1.29, 1.82) is 0 Å². The molecule has 388 valence electrons. The average molecular weight is 950 g/mol. The van der Waals surface area contributed by atoms with Gasteiger partial charge in [-0.25, -0.2) is 4.57 Å². The number of allylic oxidation sites excluding steroid dienone is 8. The van der Waals surface area contributed by atoms with Crippen LogP contribution in [0.3, 0.4) is 0 Å². The Labute approximate surface area is 409 Å². The third-order valence-electron chi connectivity index (χ3n) is 12.6. The number of nitrogens with zero attached hydrogens (tertiary/aromatic N) is 1. The molecule has 0 aliphatic heterocycles. The minimum atomic E-state index is -4.31. The summed E-state index contributed by atoms with van der Waals surface area (Å²) in [5, 5.41) is 13.9. The first-order valence-electron chi connectivity index (χ1n) is 28.0. The van der Waals surface area contributed by atoms with Crippen molar-refractivity contribution in [2.24, 2.45) is 0 Å². The highest BCUT2D eigenvalue weighted by molar-refractivity contribution is 7.47. The Kier molecular flexibility index (Phi) is 47.4. The van der Waals surface area contributed by atoms with Crippen LogP contribution in [0.15, 0.2) is 48.6 Å². The van der Waals surface area contributed by atoms with Crippen LogP contribution in [0.4, 0.5) is 0 Å². The molecule has 8 nitrogen and oxygen atoms in total. The molecule has 0 aliphatic carbocycles. The van der Waals surface area contributed by atoms with E-state index in [1.807, 2.05) is 21.1 Å². The second-order valence-electron chi connectivity index (χ2n) is 20.3. The molecule has 9 heteroatoms. The first-order chi connectivity index (χ1) is 32.0. The number of hydrogen-bond acceptors (Lipinski definition) is 5. The number of aliphatic hydroxyl groups excluding tert-OH is 1. The number of likely N-dealkylation sites (N-methyl/N-ethyl adjacent to an activating group) is 1. The summed E-state index contributed by atoms with van der Waals surface area (Å²) in [4.78, 5) is 23.1. The van der Waals surface area contributed by atoms with E-state index in [0.717, 1.165) is 64.2 Å². The van der Waals surface area contributed by atoms with Crippen LogP contribution in [0.2, 0.25) is 0 Å². The lowest BCUT2D eigenvalue weighted by atomic mass is 10.0. The fourth-order valence-corrected chi connectivity index (χ4v) is 8.95. The standard InChI is InChI=1S/C57H109N2O6P/c1-6-8-10-12-14-15-16-17-18-19-20-21-22-23-24-25-26-27-28-29-30-31-32-33-34-35-36-37-38-39-40-41-42-43-45-47-49-51-57(61)58-55(56(60)50-48-46-44-13-11-9-7-2)54-65-66(62,63)64-53-52-59(3,4)5/h8,10,14-15,17-18,20-21,55-56,60H,6-7,9,11-13,16,19,22-54H2,1-5H3,(H-,58,61,62,63)/p+1/b10-8-,15-14-,18-17-,21-20-. The summed E-state index contributed by atoms with van der Waals surface area (Å²) >= 11 is 0. The SMILES string of the molecule is CC/C=C\C/C=C\C/C=C\C/C=C\CCCCCCCCCCCCCCCCCCCCCCCCCCC(=O)NC(COP(=O)(O)OCC[N+](C)(C)C)C(O)CCCCCCCCC. The molecular formula is C57H110N2O6P+. The molecule has 0 spiro atoms. The number of nitrogens with one attached hydrogen (secondary N) is 1. The van der Waals surface area contributed by atoms with Gasteiger partial charge in [0, 0.05) is 6.42 Å². The zero-order chi connectivity index (χ0) is 48.5. The van der Waals surface area contributed by atoms with Gasteiger partial charge in [0.05, 0.1) is 39.9 Å². The molecule has 0 saturated carbocycles. The van der Waals surface area contributed by atoms with Crippen molar-refractivity contribution >= 4 is 13.7 Å². The first-order valence-corrected chi connectivity index (χ1v) is 29.5. The average Bonchev–Trinajstić information content (AvgIpc) is 3.28. The number of aliphatic hydroxyl groups is 1. The monoisotopic (exact) mass is 950 g/mol. The van der Waals surface area contributed by atoms with E-state index in [0.29, 0.717) is 23.9 Å². The Balaban J connectivity index is 3.77. The van der Waals surface area contributed by atoms with Crippen LogP contribution in [0.1, 0.15) is 258 Å². The molecule has 0 aromatic carbocycles. The van der Waals surface area contributed by atoms with Crippen molar-refractivity contribution in [3.8, 4) is 0 Å². The smallest absolute Gasteiger partial charge is 0.391 e. The number of carbonyl (C=O) groups is 1. The summed E-state index contributed by atoms with van der Waals surface area (Å²) in [5.41, 5.74) is 0. The summed E-state index contributed by atoms with van der Waals surface area (Å²) in [6.45, 7) is 4.74. The van der Waals surface area contributed by atoms with Crippen LogP contribution in [-0.4, -0.2) is 73.4 Å². The van der Waals surface area contributed by atoms with Gasteiger partial charge in [-0.15, -0.1) is 0 Å². The van der Waals surface area contributed by atoms with E-state index in [9.17, 15) is 19.4 Å². The van der Waals surface area contributed by atoms with E-state index >= 15 is 0 Å². The maximum absolute atomic E-state index is 12.9. The molecule has 0 aromatic heterocycles. The molecule has 0 aliphatic rings. The lowest BCUT2D eigenvalue weighted by Gasteiger charge is -2.26. The van der Waals surface area contributed by atoms with Gasteiger partial charge >= 0.3 is 7.82 Å². The largest absolute Gasteiger partial charge is 0.472 e. The van der Waals surface area contributed by atoms with Crippen LogP contribution in [0.5, 0.6) is 0 Å². The predicted octanol–water partition coefficient (Wildman–Crippen LogP) is 16.8. The number of amides is 1. The third-order valence-corrected chi connectivity index (χ3v) is 13.6. The van der Waals surface area contributed by atoms with Crippen molar-refractivity contribution in [2.45, 2.75) is 270 Å². The molecule has 1 amide bonds. The molecule has 0 bridgehead atoms. The normalized spacial score (nSPS) is 14.3. The van der Waals surface area contributed by atoms with E-state index in [2.05, 4.69) is 67.8 Å². The number of hydrogen-bond donors (Lipinski definition) is 3. The highest BCUT2D eigenvalue weighted by atomic mass is 31.2. The van der Waals surface area contributed by atoms with E-state index in [1.165, 1.54) is 167 Å². The first kappa shape index (κ1) is 64.5. The van der Waals surface area contributed by atoms with Gasteiger partial charge < -0.3 is 19.8 Å². The predicted molar refractivity (Wildman–Crippen MR) is 286 cm³/mol. The Morgan fingerprint density at radius 3 is 1.33 bits per heavy atom. The van der Waals surface area contributed by atoms with E-state index in [-0.39, 0.29) is 19.1 Å². The molecule has 3 N–H and O–H groups in total. The second-order valence-corrected chi connectivity index (χ2v) is 21.7. The Hall–Kier alpha value is -1.54. The Bertz CT molecular complexity index is 1210. The molecule has 0 aromatic rings. The van der Waals surface area contributed by atoms with Crippen molar-refractivity contribution in [3.63, 3.8) is 0 Å². The molecule has 0 rings (SSSR count). The van der Waals surface area contributed by atoms with Crippen LogP contribution < -0.4 is 5.32 Å². The Morgan fingerprint density at radius 1 is 0.530 bits per heavy atom. The minimum absolute atomic E-state index is 0.0755. The van der Waals surface area contributed by atoms with E-state index in [4.69, 9.17) is 9.05 Å². The summed E-state index contributed by atoms with van der Waals surface area (Å²) in [6, 6.07) is -0.755. The van der Waals surface area contributed by atoms with Crippen LogP contribution in [0.25, 0.3) is 0 Å². The van der Waals surface area contributed by atoms with E-state index in [1.54, 1.807) is 0 Å². The molecule has 3 atom stereocenters. The number of phosphoric ester groups is 1. The quantitative estimate of drug-likeness (QED) is 0.0243. The van der Waals surface area contributed by atoms with Gasteiger partial charge in [0.2, 0.25) is 5.91 Å². The second kappa shape index (κ2) is 48.5. The Morgan fingerprint density at radius 2 is 0.909 bits per heavy atom. The van der Waals surface area contributed by atoms with Gasteiger partial charge in [-0.3, -0.25) is 13.8 Å². The summed E-state index contributed by atoms with van der Waals surface area (Å²) in [7, 11) is 1.62. The highest BCUT2D eigenvalue weighted by Crippen LogP contribution is 2.43. The molecule has 0 radical (unpaired) electrons. The van der Waals surface area contributed by atoms with Gasteiger partial charge in [-0.05, 0) is 51.4 Å². The van der Waals surface area contributed by atoms with Gasteiger partial charge in [-0.1, -0.05) is 249 Å². The molecule has 66 heavy (non-hydrogen) atoms. The van der Waals surface area contributed by atoms with Crippen LogP contribution >= 0.6 is 7.82 Å². The maximum Gasteiger partial charge on any atom is 0.472 e.